The van der Waals surface area contributed by atoms with Crippen LogP contribution in [-0.2, 0) is 4.79 Å². The monoisotopic (exact) mass is 390 g/mol. The van der Waals surface area contributed by atoms with Crippen molar-refractivity contribution in [2.45, 2.75) is 95.9 Å². The van der Waals surface area contributed by atoms with Crippen LogP contribution < -0.4 is 5.32 Å². The average molecular weight is 391 g/mol. The van der Waals surface area contributed by atoms with E-state index in [0.717, 1.165) is 18.4 Å². The topological polar surface area (TPSA) is 99.5 Å². The fraction of sp³-hybridized carbons (Fsp3) is 0.682. The summed E-state index contributed by atoms with van der Waals surface area (Å²) in [5, 5.41) is 21.7. The minimum atomic E-state index is -0.983. The highest BCUT2D eigenvalue weighted by molar-refractivity contribution is 5.95. The molecule has 1 fully saturated rings. The number of aromatic nitrogens is 1. The smallest absolute Gasteiger partial charge is 0.305 e. The number of carbonyl (C=O) groups excluding carboxylic acids is 1. The fourth-order valence-corrected chi connectivity index (χ4v) is 3.97. The quantitative estimate of drug-likeness (QED) is 0.672. The molecule has 0 bridgehead atoms. The lowest BCUT2D eigenvalue weighted by Crippen LogP contribution is -2.34. The van der Waals surface area contributed by atoms with Crippen molar-refractivity contribution in [1.29, 1.82) is 0 Å². The first-order valence-electron chi connectivity index (χ1n) is 10.7. The first-order valence-corrected chi connectivity index (χ1v) is 10.7. The number of aromatic hydroxyl groups is 1. The number of aliphatic carboxylic acids is 1. The Morgan fingerprint density at radius 2 is 1.61 bits per heavy atom. The molecule has 1 aromatic rings. The maximum absolute atomic E-state index is 12.3. The molecule has 1 atom stereocenters. The van der Waals surface area contributed by atoms with Gasteiger partial charge >= 0.3 is 5.97 Å². The number of carbonyl (C=O) groups is 2. The molecule has 1 saturated carbocycles. The second kappa shape index (κ2) is 11.7. The standard InChI is InChI=1S/C22H34N2O4/c1-16(13-20(26)27)24-22(28)21-19(25)14-18(15-23-21)17-11-9-7-5-3-2-4-6-8-10-12-17/h14-17,25H,2-13H2,1H3,(H,24,28)(H,26,27)/t16-/m1/s1. The predicted molar refractivity (Wildman–Crippen MR) is 109 cm³/mol. The Hall–Kier alpha value is -2.11. The zero-order valence-electron chi connectivity index (χ0n) is 17.0. The number of carboxylic acids is 1. The van der Waals surface area contributed by atoms with E-state index in [0.29, 0.717) is 5.92 Å². The molecular formula is C22H34N2O4. The van der Waals surface area contributed by atoms with E-state index in [1.165, 1.54) is 57.8 Å². The third-order valence-corrected chi connectivity index (χ3v) is 5.54. The van der Waals surface area contributed by atoms with Crippen LogP contribution in [0.3, 0.4) is 0 Å². The third-order valence-electron chi connectivity index (χ3n) is 5.54. The van der Waals surface area contributed by atoms with Gasteiger partial charge in [0.15, 0.2) is 5.69 Å². The summed E-state index contributed by atoms with van der Waals surface area (Å²) < 4.78 is 0. The minimum Gasteiger partial charge on any atom is -0.505 e. The number of pyridine rings is 1. The highest BCUT2D eigenvalue weighted by Crippen LogP contribution is 2.31. The molecule has 6 heteroatoms. The maximum atomic E-state index is 12.3. The predicted octanol–water partition coefficient (Wildman–Crippen LogP) is 4.77. The Labute approximate surface area is 167 Å². The van der Waals surface area contributed by atoms with Crippen LogP contribution in [0.2, 0.25) is 0 Å². The molecule has 1 aliphatic carbocycles. The number of amides is 1. The molecule has 2 rings (SSSR count). The Kier molecular flexibility index (Phi) is 9.24. The highest BCUT2D eigenvalue weighted by Gasteiger charge is 2.20. The number of nitrogens with zero attached hydrogens (tertiary/aromatic N) is 1. The lowest BCUT2D eigenvalue weighted by atomic mass is 9.88. The zero-order valence-corrected chi connectivity index (χ0v) is 17.0. The Bertz CT molecular complexity index is 635. The Balaban J connectivity index is 2.03. The van der Waals surface area contributed by atoms with Crippen LogP contribution in [0.15, 0.2) is 12.3 Å². The van der Waals surface area contributed by atoms with E-state index in [9.17, 15) is 14.7 Å². The molecule has 1 aliphatic rings. The van der Waals surface area contributed by atoms with Crippen LogP contribution in [0.5, 0.6) is 5.75 Å². The molecule has 1 aromatic heterocycles. The molecule has 1 amide bonds. The van der Waals surface area contributed by atoms with Crippen molar-refractivity contribution in [2.75, 3.05) is 0 Å². The van der Waals surface area contributed by atoms with Crippen molar-refractivity contribution in [3.05, 3.63) is 23.5 Å². The number of rotatable bonds is 5. The minimum absolute atomic E-state index is 0.0471. The number of carboxylic acid groups (broad SMARTS) is 1. The summed E-state index contributed by atoms with van der Waals surface area (Å²) in [4.78, 5) is 27.2. The first kappa shape index (κ1) is 22.2. The summed E-state index contributed by atoms with van der Waals surface area (Å²) in [6.45, 7) is 1.61. The van der Waals surface area contributed by atoms with Crippen molar-refractivity contribution in [3.8, 4) is 5.75 Å². The number of hydrogen-bond acceptors (Lipinski definition) is 4. The van der Waals surface area contributed by atoms with Crippen molar-refractivity contribution in [3.63, 3.8) is 0 Å². The van der Waals surface area contributed by atoms with E-state index < -0.39 is 17.9 Å². The van der Waals surface area contributed by atoms with E-state index in [2.05, 4.69) is 10.3 Å². The average Bonchev–Trinajstić information content (AvgIpc) is 2.61. The van der Waals surface area contributed by atoms with Gasteiger partial charge in [0.25, 0.3) is 5.91 Å². The Morgan fingerprint density at radius 1 is 1.07 bits per heavy atom. The van der Waals surface area contributed by atoms with Crippen LogP contribution >= 0.6 is 0 Å². The lowest BCUT2D eigenvalue weighted by Gasteiger charge is -2.19. The molecule has 3 N–H and O–H groups in total. The number of nitrogens with one attached hydrogen (secondary N) is 1. The van der Waals surface area contributed by atoms with E-state index in [4.69, 9.17) is 5.11 Å². The molecule has 0 aromatic carbocycles. The van der Waals surface area contributed by atoms with Crippen LogP contribution in [0.4, 0.5) is 0 Å². The molecule has 0 saturated heterocycles. The van der Waals surface area contributed by atoms with Crippen LogP contribution in [-0.4, -0.2) is 33.1 Å². The second-order valence-corrected chi connectivity index (χ2v) is 8.07. The molecule has 1 heterocycles. The van der Waals surface area contributed by atoms with Crippen LogP contribution in [0, 0.1) is 0 Å². The summed E-state index contributed by atoms with van der Waals surface area (Å²) in [6, 6.07) is 1.14. The summed E-state index contributed by atoms with van der Waals surface area (Å²) in [5.41, 5.74) is 0.943. The molecule has 0 spiro atoms. The fourth-order valence-electron chi connectivity index (χ4n) is 3.97. The molecule has 0 unspecified atom stereocenters. The molecular weight excluding hydrogens is 356 g/mol. The summed E-state index contributed by atoms with van der Waals surface area (Å²) >= 11 is 0. The van der Waals surface area contributed by atoms with Crippen molar-refractivity contribution in [2.24, 2.45) is 0 Å². The maximum Gasteiger partial charge on any atom is 0.305 e. The van der Waals surface area contributed by atoms with Gasteiger partial charge in [-0.15, -0.1) is 0 Å². The van der Waals surface area contributed by atoms with Gasteiger partial charge in [-0.1, -0.05) is 57.8 Å². The molecule has 156 valence electrons. The van der Waals surface area contributed by atoms with E-state index in [1.807, 2.05) is 0 Å². The second-order valence-electron chi connectivity index (χ2n) is 8.07. The Morgan fingerprint density at radius 3 is 2.11 bits per heavy atom. The van der Waals surface area contributed by atoms with Gasteiger partial charge in [0.1, 0.15) is 5.75 Å². The van der Waals surface area contributed by atoms with Gasteiger partial charge in [-0.05, 0) is 37.3 Å². The number of hydrogen-bond donors (Lipinski definition) is 3. The van der Waals surface area contributed by atoms with Gasteiger partial charge < -0.3 is 15.5 Å². The van der Waals surface area contributed by atoms with Gasteiger partial charge in [-0.3, -0.25) is 9.59 Å². The van der Waals surface area contributed by atoms with Gasteiger partial charge in [0.05, 0.1) is 6.42 Å². The molecule has 28 heavy (non-hydrogen) atoms. The largest absolute Gasteiger partial charge is 0.505 e. The van der Waals surface area contributed by atoms with Gasteiger partial charge in [-0.2, -0.15) is 0 Å². The summed E-state index contributed by atoms with van der Waals surface area (Å²) in [6.07, 6.45) is 15.2. The SMILES string of the molecule is C[C@H](CC(=O)O)NC(=O)c1ncc(C2CCCCCCCCCCC2)cc1O. The summed E-state index contributed by atoms with van der Waals surface area (Å²) in [7, 11) is 0. The van der Waals surface area contributed by atoms with Crippen molar-refractivity contribution in [1.82, 2.24) is 10.3 Å². The van der Waals surface area contributed by atoms with Crippen LogP contribution in [0.1, 0.15) is 106 Å². The molecule has 6 nitrogen and oxygen atoms in total. The van der Waals surface area contributed by atoms with Crippen molar-refractivity contribution >= 4 is 11.9 Å². The molecule has 0 radical (unpaired) electrons. The first-order chi connectivity index (χ1) is 13.5. The van der Waals surface area contributed by atoms with Gasteiger partial charge in [0.2, 0.25) is 0 Å². The van der Waals surface area contributed by atoms with Crippen molar-refractivity contribution < 1.29 is 19.8 Å². The van der Waals surface area contributed by atoms with Crippen LogP contribution in [0.25, 0.3) is 0 Å². The van der Waals surface area contributed by atoms with Gasteiger partial charge in [-0.25, -0.2) is 4.98 Å². The third kappa shape index (κ3) is 7.49. The highest BCUT2D eigenvalue weighted by atomic mass is 16.4. The van der Waals surface area contributed by atoms with E-state index >= 15 is 0 Å². The zero-order chi connectivity index (χ0) is 20.4. The summed E-state index contributed by atoms with van der Waals surface area (Å²) in [5.74, 6) is -1.30. The van der Waals surface area contributed by atoms with E-state index in [-0.39, 0.29) is 17.9 Å². The molecule has 0 aliphatic heterocycles. The lowest BCUT2D eigenvalue weighted by molar-refractivity contribution is -0.137. The normalized spacial score (nSPS) is 18.5. The van der Waals surface area contributed by atoms with E-state index in [1.54, 1.807) is 19.2 Å². The van der Waals surface area contributed by atoms with Gasteiger partial charge in [0, 0.05) is 12.2 Å².